The minimum atomic E-state index is -2.00. The molecule has 0 spiro atoms. The van der Waals surface area contributed by atoms with Gasteiger partial charge in [0.2, 0.25) is 29.5 Å². The summed E-state index contributed by atoms with van der Waals surface area (Å²) in [5.41, 5.74) is 2.58. The van der Waals surface area contributed by atoms with Crippen molar-refractivity contribution in [1.29, 1.82) is 0 Å². The highest BCUT2D eigenvalue weighted by Gasteiger charge is 2.45. The maximum Gasteiger partial charge on any atom is 0.343 e. The van der Waals surface area contributed by atoms with Gasteiger partial charge in [-0.05, 0) is 83.0 Å². The van der Waals surface area contributed by atoms with Crippen LogP contribution in [0.1, 0.15) is 78.1 Å². The van der Waals surface area contributed by atoms with Crippen LogP contribution in [0.4, 0.5) is 4.39 Å². The number of halogens is 1. The minimum Gasteiger partial charge on any atom is -0.458 e. The number of nitrogens with one attached hydrogen (secondary N) is 5. The molecule has 61 heavy (non-hydrogen) atoms. The molecule has 3 heterocycles. The molecule has 1 aliphatic carbocycles. The van der Waals surface area contributed by atoms with Gasteiger partial charge in [0.25, 0.3) is 5.56 Å². The number of cyclic esters (lactones) is 1. The average molecular weight is 839 g/mol. The van der Waals surface area contributed by atoms with Crippen molar-refractivity contribution in [3.8, 4) is 11.3 Å². The molecule has 3 aliphatic rings. The van der Waals surface area contributed by atoms with E-state index in [1.807, 2.05) is 12.1 Å². The normalized spacial score (nSPS) is 17.6. The number of hydrogen-bond donors (Lipinski definition) is 6. The number of fused-ring (bicyclic) bond motifs is 5. The van der Waals surface area contributed by atoms with Crippen LogP contribution in [0.2, 0.25) is 0 Å². The van der Waals surface area contributed by atoms with Gasteiger partial charge in [0, 0.05) is 24.0 Å². The van der Waals surface area contributed by atoms with Crippen molar-refractivity contribution < 1.29 is 47.7 Å². The molecule has 0 radical (unpaired) electrons. The highest BCUT2D eigenvalue weighted by atomic mass is 19.1. The SMILES string of the molecule is CCC(=O)NCC(=O)N[C@@H](Cc1ccccc1)C(=O)NCC(=O)NCOCC(=O)N[C@H]1CCc2c(C)c(F)cc3cc4c(c1c23)Cn1c-4cc2c(c1=O)COC(=O)[C@]2(O)CC. The molecule has 0 saturated carbocycles. The van der Waals surface area contributed by atoms with Crippen molar-refractivity contribution in [2.24, 2.45) is 0 Å². The van der Waals surface area contributed by atoms with Crippen LogP contribution in [-0.4, -0.2) is 77.6 Å². The van der Waals surface area contributed by atoms with Gasteiger partial charge in [0.05, 0.1) is 36.9 Å². The monoisotopic (exact) mass is 838 g/mol. The first kappa shape index (κ1) is 42.7. The van der Waals surface area contributed by atoms with Gasteiger partial charge in [0.15, 0.2) is 5.60 Å². The van der Waals surface area contributed by atoms with Gasteiger partial charge in [-0.3, -0.25) is 28.8 Å². The lowest BCUT2D eigenvalue weighted by Crippen LogP contribution is -2.52. The van der Waals surface area contributed by atoms with Gasteiger partial charge < -0.3 is 45.7 Å². The number of aliphatic hydroxyl groups is 1. The quantitative estimate of drug-likeness (QED) is 0.0509. The van der Waals surface area contributed by atoms with Crippen molar-refractivity contribution in [1.82, 2.24) is 31.2 Å². The number of carbonyl (C=O) groups is 6. The number of ether oxygens (including phenoxy) is 2. The molecule has 6 N–H and O–H groups in total. The molecular formula is C44H47FN6O10. The lowest BCUT2D eigenvalue weighted by atomic mass is 9.79. The Kier molecular flexibility index (Phi) is 12.3. The number of aryl methyl sites for hydroxylation is 1. The van der Waals surface area contributed by atoms with Crippen LogP contribution >= 0.6 is 0 Å². The van der Waals surface area contributed by atoms with E-state index in [1.165, 1.54) is 6.07 Å². The van der Waals surface area contributed by atoms with E-state index in [0.29, 0.717) is 35.0 Å². The van der Waals surface area contributed by atoms with Crippen LogP contribution < -0.4 is 32.1 Å². The molecule has 320 valence electrons. The summed E-state index contributed by atoms with van der Waals surface area (Å²) in [4.78, 5) is 89.8. The lowest BCUT2D eigenvalue weighted by Gasteiger charge is -2.31. The fourth-order valence-corrected chi connectivity index (χ4v) is 8.38. The Balaban J connectivity index is 1.00. The van der Waals surface area contributed by atoms with E-state index in [4.69, 9.17) is 9.47 Å². The van der Waals surface area contributed by atoms with Gasteiger partial charge in [-0.1, -0.05) is 44.2 Å². The van der Waals surface area contributed by atoms with E-state index in [0.717, 1.165) is 27.6 Å². The Morgan fingerprint density at radius 2 is 1.70 bits per heavy atom. The lowest BCUT2D eigenvalue weighted by molar-refractivity contribution is -0.172. The molecule has 16 nitrogen and oxygen atoms in total. The van der Waals surface area contributed by atoms with Crippen LogP contribution in [-0.2, 0) is 69.8 Å². The number of amides is 5. The predicted octanol–water partition coefficient (Wildman–Crippen LogP) is 1.70. The fourth-order valence-electron chi connectivity index (χ4n) is 8.38. The number of pyridine rings is 1. The second-order valence-electron chi connectivity index (χ2n) is 15.4. The fraction of sp³-hybridized carbons (Fsp3) is 0.386. The molecule has 3 atom stereocenters. The summed E-state index contributed by atoms with van der Waals surface area (Å²) in [6, 6.07) is 12.2. The van der Waals surface area contributed by atoms with Crippen LogP contribution in [0.15, 0.2) is 53.3 Å². The summed E-state index contributed by atoms with van der Waals surface area (Å²) in [6.45, 7) is 3.27. The van der Waals surface area contributed by atoms with Crippen molar-refractivity contribution in [3.05, 3.63) is 104 Å². The van der Waals surface area contributed by atoms with Crippen LogP contribution in [0.25, 0.3) is 22.0 Å². The number of esters is 1. The van der Waals surface area contributed by atoms with Gasteiger partial charge >= 0.3 is 5.97 Å². The summed E-state index contributed by atoms with van der Waals surface area (Å²) in [7, 11) is 0. The zero-order valence-electron chi connectivity index (χ0n) is 34.0. The number of aromatic nitrogens is 1. The van der Waals surface area contributed by atoms with Crippen LogP contribution in [0, 0.1) is 12.7 Å². The summed E-state index contributed by atoms with van der Waals surface area (Å²) in [5.74, 6) is -3.86. The Hall–Kier alpha value is -6.46. The third kappa shape index (κ3) is 8.48. The Morgan fingerprint density at radius 3 is 2.44 bits per heavy atom. The molecule has 4 aromatic rings. The molecule has 7 rings (SSSR count). The van der Waals surface area contributed by atoms with Gasteiger partial charge in [-0.15, -0.1) is 0 Å². The summed E-state index contributed by atoms with van der Waals surface area (Å²) < 4.78 is 27.6. The number of hydrogen-bond acceptors (Lipinski definition) is 10. The third-order valence-corrected chi connectivity index (χ3v) is 11.6. The van der Waals surface area contributed by atoms with E-state index in [9.17, 15) is 38.7 Å². The molecule has 17 heteroatoms. The number of nitrogens with zero attached hydrogens (tertiary/aromatic N) is 1. The topological polar surface area (TPSA) is 223 Å². The van der Waals surface area contributed by atoms with E-state index in [-0.39, 0.29) is 68.5 Å². The van der Waals surface area contributed by atoms with E-state index in [1.54, 1.807) is 55.7 Å². The average Bonchev–Trinajstić information content (AvgIpc) is 3.63. The second-order valence-corrected chi connectivity index (χ2v) is 15.4. The molecule has 0 bridgehead atoms. The summed E-state index contributed by atoms with van der Waals surface area (Å²) in [5, 5.41) is 25.8. The second kappa shape index (κ2) is 17.6. The maximum atomic E-state index is 15.3. The molecule has 3 aromatic carbocycles. The first-order valence-electron chi connectivity index (χ1n) is 20.2. The van der Waals surface area contributed by atoms with Gasteiger partial charge in [-0.25, -0.2) is 9.18 Å². The van der Waals surface area contributed by atoms with E-state index in [2.05, 4.69) is 26.6 Å². The molecular weight excluding hydrogens is 792 g/mol. The van der Waals surface area contributed by atoms with Crippen LogP contribution in [0.3, 0.4) is 0 Å². The van der Waals surface area contributed by atoms with Gasteiger partial charge in [0.1, 0.15) is 31.8 Å². The zero-order chi connectivity index (χ0) is 43.6. The number of carbonyl (C=O) groups excluding carboxylic acids is 6. The Morgan fingerprint density at radius 1 is 0.951 bits per heavy atom. The van der Waals surface area contributed by atoms with Crippen molar-refractivity contribution >= 4 is 46.3 Å². The van der Waals surface area contributed by atoms with E-state index >= 15 is 4.39 Å². The minimum absolute atomic E-state index is 0.0125. The Bertz CT molecular complexity index is 2520. The molecule has 0 fully saturated rings. The highest BCUT2D eigenvalue weighted by molar-refractivity contribution is 5.98. The van der Waals surface area contributed by atoms with Crippen molar-refractivity contribution in [2.75, 3.05) is 26.4 Å². The zero-order valence-corrected chi connectivity index (χ0v) is 34.0. The third-order valence-electron chi connectivity index (χ3n) is 11.6. The van der Waals surface area contributed by atoms with Crippen molar-refractivity contribution in [2.45, 2.75) is 83.7 Å². The van der Waals surface area contributed by atoms with E-state index < -0.39 is 66.0 Å². The first-order valence-corrected chi connectivity index (χ1v) is 20.2. The maximum absolute atomic E-state index is 15.3. The predicted molar refractivity (Wildman–Crippen MR) is 218 cm³/mol. The highest BCUT2D eigenvalue weighted by Crippen LogP contribution is 2.47. The molecule has 1 aromatic heterocycles. The number of rotatable bonds is 15. The largest absolute Gasteiger partial charge is 0.458 e. The first-order chi connectivity index (χ1) is 29.2. The molecule has 5 amide bonds. The summed E-state index contributed by atoms with van der Waals surface area (Å²) >= 11 is 0. The number of benzene rings is 3. The van der Waals surface area contributed by atoms with Crippen LogP contribution in [0.5, 0.6) is 0 Å². The smallest absolute Gasteiger partial charge is 0.343 e. The van der Waals surface area contributed by atoms with Gasteiger partial charge in [-0.2, -0.15) is 0 Å². The standard InChI is InChI=1S/C44H47FN6O10/c1-4-35(52)46-18-37(54)50-33(13-24-9-7-6-8-10-24)41(56)47-17-36(53)48-22-60-21-38(55)49-32-12-11-26-23(3)31(45)15-25-14-27-28(40(32)39(25)26)19-51-34(27)16-30-29(42(51)57)20-61-43(58)44(30,59)5-2/h6-10,14-16,32-33,59H,4-5,11-13,17-22H2,1-3H3,(H,46,52)(H,47,56)(H,48,53)(H,49,55)(H,50,54)/t32-,33-,44-/m0/s1. The van der Waals surface area contributed by atoms with Crippen molar-refractivity contribution in [3.63, 3.8) is 0 Å². The Labute approximate surface area is 349 Å². The molecule has 0 unspecified atom stereocenters. The molecule has 2 aliphatic heterocycles. The molecule has 0 saturated heterocycles. The summed E-state index contributed by atoms with van der Waals surface area (Å²) in [6.07, 6.45) is 1.20.